The maximum absolute atomic E-state index is 13.6. The average molecular weight is 520 g/mol. The van der Waals surface area contributed by atoms with Crippen LogP contribution in [0.3, 0.4) is 0 Å². The van der Waals surface area contributed by atoms with Gasteiger partial charge in [-0.15, -0.1) is 11.8 Å². The molecule has 0 unspecified atom stereocenters. The highest BCUT2D eigenvalue weighted by molar-refractivity contribution is 7.99. The van der Waals surface area contributed by atoms with Crippen molar-refractivity contribution in [1.82, 2.24) is 0 Å². The maximum Gasteiger partial charge on any atom is 0.417 e. The first kappa shape index (κ1) is 23.9. The lowest BCUT2D eigenvalue weighted by Gasteiger charge is -2.43. The van der Waals surface area contributed by atoms with Gasteiger partial charge in [-0.25, -0.2) is 0 Å². The van der Waals surface area contributed by atoms with Gasteiger partial charge in [0.2, 0.25) is 0 Å². The molecule has 35 heavy (non-hydrogen) atoms. The van der Waals surface area contributed by atoms with Gasteiger partial charge in [0.1, 0.15) is 17.4 Å². The predicted molar refractivity (Wildman–Crippen MR) is 129 cm³/mol. The van der Waals surface area contributed by atoms with Gasteiger partial charge in [0.25, 0.3) is 5.91 Å². The summed E-state index contributed by atoms with van der Waals surface area (Å²) in [7, 11) is 0. The molecule has 0 aromatic heterocycles. The number of thiocarbonyl (C=S) groups is 1. The predicted octanol–water partition coefficient (Wildman–Crippen LogP) is 4.87. The Morgan fingerprint density at radius 2 is 1.97 bits per heavy atom. The van der Waals surface area contributed by atoms with Crippen LogP contribution in [0.5, 0.6) is 5.75 Å². The number of benzene rings is 2. The molecule has 1 aliphatic carbocycles. The van der Waals surface area contributed by atoms with E-state index >= 15 is 0 Å². The molecule has 5 rings (SSSR count). The molecule has 2 aliphatic heterocycles. The Balaban J connectivity index is 1.53. The molecule has 1 N–H and O–H groups in total. The summed E-state index contributed by atoms with van der Waals surface area (Å²) in [6, 6.07) is 10.3. The fraction of sp³-hybridized carbons (Fsp3) is 0.375. The van der Waals surface area contributed by atoms with Crippen molar-refractivity contribution in [3.8, 4) is 11.8 Å². The lowest BCUT2D eigenvalue weighted by Crippen LogP contribution is -2.55. The zero-order chi connectivity index (χ0) is 25.0. The van der Waals surface area contributed by atoms with Gasteiger partial charge in [-0.05, 0) is 67.9 Å². The third-order valence-electron chi connectivity index (χ3n) is 6.63. The number of hydrogen-bond donors (Lipinski definition) is 1. The van der Waals surface area contributed by atoms with Gasteiger partial charge in [0.05, 0.1) is 27.8 Å². The first-order valence-corrected chi connectivity index (χ1v) is 12.4. The molecule has 11 heteroatoms. The SMILES string of the molecule is N#Cc1ccc(N2C(=O)C3(CCC3)N(c3ccc4c(c3)SC[C@H](CCO)O4)C2=S)cc1C(F)(F)F. The molecule has 2 aromatic rings. The van der Waals surface area contributed by atoms with Crippen LogP contribution in [0.4, 0.5) is 24.5 Å². The quantitative estimate of drug-likeness (QED) is 0.578. The Morgan fingerprint density at radius 1 is 1.23 bits per heavy atom. The summed E-state index contributed by atoms with van der Waals surface area (Å²) in [6.07, 6.45) is -2.45. The molecule has 3 aliphatic rings. The van der Waals surface area contributed by atoms with E-state index < -0.39 is 22.8 Å². The number of halogens is 3. The molecule has 1 amide bonds. The number of nitrogens with zero attached hydrogens (tertiary/aromatic N) is 3. The number of amides is 1. The number of thioether (sulfide) groups is 1. The fourth-order valence-electron chi connectivity index (χ4n) is 4.74. The second-order valence-electron chi connectivity index (χ2n) is 8.68. The molecular formula is C24H20F3N3O3S2. The number of aliphatic hydroxyl groups excluding tert-OH is 1. The monoisotopic (exact) mass is 519 g/mol. The lowest BCUT2D eigenvalue weighted by atomic mass is 9.75. The Kier molecular flexibility index (Phi) is 5.94. The summed E-state index contributed by atoms with van der Waals surface area (Å²) in [6.45, 7) is 0.0343. The smallest absolute Gasteiger partial charge is 0.417 e. The topological polar surface area (TPSA) is 76.8 Å². The molecule has 2 aromatic carbocycles. The molecule has 2 fully saturated rings. The number of aliphatic hydroxyl groups is 1. The lowest BCUT2D eigenvalue weighted by molar-refractivity contribution is -0.137. The molecule has 0 radical (unpaired) electrons. The van der Waals surface area contributed by atoms with Crippen LogP contribution in [-0.2, 0) is 11.0 Å². The average Bonchev–Trinajstić information content (AvgIpc) is 3.04. The van der Waals surface area contributed by atoms with Crippen LogP contribution in [0.1, 0.15) is 36.8 Å². The fourth-order valence-corrected chi connectivity index (χ4v) is 6.27. The zero-order valence-electron chi connectivity index (χ0n) is 18.3. The molecule has 1 saturated carbocycles. The molecular weight excluding hydrogens is 499 g/mol. The van der Waals surface area contributed by atoms with Crippen molar-refractivity contribution < 1.29 is 27.8 Å². The third kappa shape index (κ3) is 3.84. The van der Waals surface area contributed by atoms with Crippen LogP contribution >= 0.6 is 24.0 Å². The minimum absolute atomic E-state index is 0.0115. The Hall–Kier alpha value is -2.81. The molecule has 1 atom stereocenters. The van der Waals surface area contributed by atoms with Crippen molar-refractivity contribution in [3.05, 3.63) is 47.5 Å². The first-order chi connectivity index (χ1) is 16.7. The highest BCUT2D eigenvalue weighted by Crippen LogP contribution is 2.50. The van der Waals surface area contributed by atoms with E-state index in [1.165, 1.54) is 6.07 Å². The van der Waals surface area contributed by atoms with Gasteiger partial charge in [-0.3, -0.25) is 9.69 Å². The molecule has 2 heterocycles. The number of fused-ring (bicyclic) bond motifs is 1. The summed E-state index contributed by atoms with van der Waals surface area (Å²) in [5.74, 6) is 0.987. The number of carbonyl (C=O) groups is 1. The Labute approximate surface area is 209 Å². The van der Waals surface area contributed by atoms with E-state index in [0.717, 1.165) is 28.3 Å². The third-order valence-corrected chi connectivity index (χ3v) is 8.17. The van der Waals surface area contributed by atoms with Crippen LogP contribution in [0.2, 0.25) is 0 Å². The highest BCUT2D eigenvalue weighted by atomic mass is 32.2. The van der Waals surface area contributed by atoms with Crippen molar-refractivity contribution in [1.29, 1.82) is 5.26 Å². The van der Waals surface area contributed by atoms with Gasteiger partial charge in [-0.2, -0.15) is 18.4 Å². The largest absolute Gasteiger partial charge is 0.488 e. The van der Waals surface area contributed by atoms with Crippen LogP contribution in [0.25, 0.3) is 0 Å². The summed E-state index contributed by atoms with van der Waals surface area (Å²) >= 11 is 7.26. The summed E-state index contributed by atoms with van der Waals surface area (Å²) in [5.41, 5.74) is -1.90. The van der Waals surface area contributed by atoms with Crippen LogP contribution in [0.15, 0.2) is 41.3 Å². The van der Waals surface area contributed by atoms with Crippen molar-refractivity contribution >= 4 is 46.4 Å². The second-order valence-corrected chi connectivity index (χ2v) is 10.1. The number of rotatable bonds is 4. The van der Waals surface area contributed by atoms with E-state index in [1.807, 2.05) is 6.07 Å². The van der Waals surface area contributed by atoms with E-state index in [9.17, 15) is 23.1 Å². The molecule has 1 saturated heterocycles. The summed E-state index contributed by atoms with van der Waals surface area (Å²) in [5, 5.41) is 18.4. The van der Waals surface area contributed by atoms with E-state index in [2.05, 4.69) is 0 Å². The zero-order valence-corrected chi connectivity index (χ0v) is 20.0. The highest BCUT2D eigenvalue weighted by Gasteiger charge is 2.59. The van der Waals surface area contributed by atoms with Crippen molar-refractivity contribution in [2.45, 2.75) is 48.4 Å². The van der Waals surface area contributed by atoms with Crippen molar-refractivity contribution in [2.75, 3.05) is 22.2 Å². The van der Waals surface area contributed by atoms with E-state index in [-0.39, 0.29) is 29.4 Å². The molecule has 6 nitrogen and oxygen atoms in total. The summed E-state index contributed by atoms with van der Waals surface area (Å²) in [4.78, 5) is 17.4. The Bertz CT molecular complexity index is 1260. The second kappa shape index (κ2) is 8.69. The van der Waals surface area contributed by atoms with Crippen LogP contribution in [-0.4, -0.2) is 40.1 Å². The number of ether oxygens (including phenoxy) is 1. The Morgan fingerprint density at radius 3 is 2.60 bits per heavy atom. The van der Waals surface area contributed by atoms with E-state index in [0.29, 0.717) is 36.5 Å². The van der Waals surface area contributed by atoms with Gasteiger partial charge < -0.3 is 14.7 Å². The first-order valence-electron chi connectivity index (χ1n) is 11.0. The number of nitriles is 1. The number of alkyl halides is 3. The molecule has 0 bridgehead atoms. The number of carbonyl (C=O) groups excluding carboxylic acids is 1. The molecule has 182 valence electrons. The van der Waals surface area contributed by atoms with E-state index in [1.54, 1.807) is 34.9 Å². The summed E-state index contributed by atoms with van der Waals surface area (Å²) < 4.78 is 46.7. The van der Waals surface area contributed by atoms with Crippen LogP contribution < -0.4 is 14.5 Å². The van der Waals surface area contributed by atoms with Gasteiger partial charge in [-0.1, -0.05) is 0 Å². The standard InChI is InChI=1S/C24H20F3N3O3S2/c25-24(26,27)18-10-15(3-2-14(18)12-28)29-21(32)23(7-1-8-23)30(22(29)34)16-4-5-19-20(11-16)35-13-17(33-19)6-9-31/h2-5,10-11,17,31H,1,6-9,13H2/t17-/m0/s1. The van der Waals surface area contributed by atoms with E-state index in [4.69, 9.17) is 22.2 Å². The van der Waals surface area contributed by atoms with Crippen LogP contribution in [0, 0.1) is 11.3 Å². The minimum Gasteiger partial charge on any atom is -0.488 e. The van der Waals surface area contributed by atoms with Gasteiger partial charge >= 0.3 is 6.18 Å². The number of anilines is 2. The number of hydrogen-bond acceptors (Lipinski definition) is 6. The van der Waals surface area contributed by atoms with Crippen molar-refractivity contribution in [2.24, 2.45) is 0 Å². The maximum atomic E-state index is 13.6. The minimum atomic E-state index is -4.75. The van der Waals surface area contributed by atoms with Crippen molar-refractivity contribution in [3.63, 3.8) is 0 Å². The normalized spacial score (nSPS) is 20.9. The van der Waals surface area contributed by atoms with Gasteiger partial charge in [0, 0.05) is 24.5 Å². The van der Waals surface area contributed by atoms with Gasteiger partial charge in [0.15, 0.2) is 5.11 Å². The molecule has 1 spiro atoms.